The van der Waals surface area contributed by atoms with E-state index in [9.17, 15) is 0 Å². The summed E-state index contributed by atoms with van der Waals surface area (Å²) in [5, 5.41) is 8.54. The average Bonchev–Trinajstić information content (AvgIpc) is 3.72. The Morgan fingerprint density at radius 3 is 1.59 bits per heavy atom. The van der Waals surface area contributed by atoms with Crippen LogP contribution in [0.2, 0.25) is 0 Å². The van der Waals surface area contributed by atoms with Crippen molar-refractivity contribution in [1.82, 2.24) is 0 Å². The molecule has 0 N–H and O–H groups in total. The van der Waals surface area contributed by atoms with Gasteiger partial charge in [0.05, 0.1) is 0 Å². The molecule has 9 aromatic rings. The Morgan fingerprint density at radius 2 is 0.943 bits per heavy atom. The summed E-state index contributed by atoms with van der Waals surface area (Å²) < 4.78 is 0. The monoisotopic (exact) mass is 915 g/mol. The van der Waals surface area contributed by atoms with Crippen molar-refractivity contribution in [3.8, 4) is 33.4 Å². The van der Waals surface area contributed by atoms with Gasteiger partial charge in [-0.15, -0.1) is 0 Å². The SMILES string of the molecule is C1=CC2=C(CC1)[Si](c1ccccc1)(c1ccccc1N(c1ccc(-c3ccc(C45CC6CC(CC(C6)C4)C5)cc3)cc1)c1ccc(-c3cccc4cccc(-c5ccccc5)c34)cc1)c1ccccc12. The summed E-state index contributed by atoms with van der Waals surface area (Å²) in [6, 6.07) is 83.3. The molecule has 338 valence electrons. The average molecular weight is 916 g/mol. The molecule has 0 aromatic heterocycles. The summed E-state index contributed by atoms with van der Waals surface area (Å²) in [5.74, 6) is 2.83. The van der Waals surface area contributed by atoms with Crippen LogP contribution in [0.25, 0.3) is 49.7 Å². The number of hydrogen-bond acceptors (Lipinski definition) is 1. The van der Waals surface area contributed by atoms with E-state index in [1.165, 1.54) is 115 Å². The molecular formula is C68H57NSi. The van der Waals surface area contributed by atoms with E-state index < -0.39 is 8.07 Å². The van der Waals surface area contributed by atoms with Gasteiger partial charge in [-0.05, 0) is 181 Å². The van der Waals surface area contributed by atoms with Crippen molar-refractivity contribution in [3.63, 3.8) is 0 Å². The molecule has 1 nitrogen and oxygen atoms in total. The number of nitrogens with zero attached hydrogens (tertiary/aromatic N) is 1. The maximum atomic E-state index is 2.56. The lowest BCUT2D eigenvalue weighted by atomic mass is 9.48. The molecule has 0 spiro atoms. The Kier molecular flexibility index (Phi) is 9.95. The van der Waals surface area contributed by atoms with Crippen LogP contribution < -0.4 is 20.5 Å². The van der Waals surface area contributed by atoms with Crippen molar-refractivity contribution in [2.75, 3.05) is 4.90 Å². The van der Waals surface area contributed by atoms with Gasteiger partial charge in [0, 0.05) is 17.1 Å². The Bertz CT molecular complexity index is 3450. The van der Waals surface area contributed by atoms with Crippen molar-refractivity contribution in [2.24, 2.45) is 17.8 Å². The predicted molar refractivity (Wildman–Crippen MR) is 298 cm³/mol. The van der Waals surface area contributed by atoms with Gasteiger partial charge in [0.1, 0.15) is 0 Å². The Labute approximate surface area is 414 Å². The molecule has 9 aromatic carbocycles. The van der Waals surface area contributed by atoms with Crippen LogP contribution in [0.3, 0.4) is 0 Å². The molecule has 5 aliphatic carbocycles. The Balaban J connectivity index is 0.915. The van der Waals surface area contributed by atoms with Crippen LogP contribution >= 0.6 is 0 Å². The fourth-order valence-electron chi connectivity index (χ4n) is 14.9. The maximum absolute atomic E-state index is 2.78. The van der Waals surface area contributed by atoms with E-state index in [-0.39, 0.29) is 0 Å². The summed E-state index contributed by atoms with van der Waals surface area (Å²) in [6.07, 6.45) is 15.6. The highest BCUT2D eigenvalue weighted by atomic mass is 28.3. The second-order valence-electron chi connectivity index (χ2n) is 21.3. The predicted octanol–water partition coefficient (Wildman–Crippen LogP) is 15.9. The van der Waals surface area contributed by atoms with E-state index in [2.05, 4.69) is 235 Å². The molecule has 1 atom stereocenters. The zero-order valence-electron chi connectivity index (χ0n) is 39.8. The van der Waals surface area contributed by atoms with Crippen LogP contribution in [0, 0.1) is 17.8 Å². The van der Waals surface area contributed by atoms with E-state index >= 15 is 0 Å². The van der Waals surface area contributed by atoms with Gasteiger partial charge >= 0.3 is 0 Å². The first-order valence-electron chi connectivity index (χ1n) is 26.0. The van der Waals surface area contributed by atoms with Crippen LogP contribution in [0.15, 0.2) is 236 Å². The highest BCUT2D eigenvalue weighted by Crippen LogP contribution is 2.61. The molecule has 0 amide bonds. The van der Waals surface area contributed by atoms with Gasteiger partial charge in [-0.2, -0.15) is 0 Å². The number of allylic oxidation sites excluding steroid dienone is 4. The molecule has 1 heterocycles. The molecule has 6 aliphatic rings. The smallest absolute Gasteiger partial charge is 0.179 e. The van der Waals surface area contributed by atoms with Gasteiger partial charge in [-0.25, -0.2) is 0 Å². The van der Waals surface area contributed by atoms with Gasteiger partial charge in [-0.1, -0.05) is 205 Å². The number of hydrogen-bond donors (Lipinski definition) is 0. The minimum atomic E-state index is -2.78. The number of benzene rings is 9. The molecule has 4 bridgehead atoms. The number of anilines is 3. The van der Waals surface area contributed by atoms with Crippen LogP contribution in [0.4, 0.5) is 17.1 Å². The second-order valence-corrected chi connectivity index (χ2v) is 25.0. The van der Waals surface area contributed by atoms with Gasteiger partial charge in [0.15, 0.2) is 8.07 Å². The summed E-state index contributed by atoms with van der Waals surface area (Å²) in [7, 11) is -2.78. The summed E-state index contributed by atoms with van der Waals surface area (Å²) >= 11 is 0. The number of para-hydroxylation sites is 1. The minimum Gasteiger partial charge on any atom is -0.311 e. The zero-order valence-corrected chi connectivity index (χ0v) is 40.8. The third kappa shape index (κ3) is 6.64. The molecular weight excluding hydrogens is 859 g/mol. The Hall–Kier alpha value is -7.26. The lowest BCUT2D eigenvalue weighted by molar-refractivity contribution is -0.00518. The molecule has 4 saturated carbocycles. The van der Waals surface area contributed by atoms with Crippen molar-refractivity contribution >= 4 is 57.0 Å². The molecule has 1 unspecified atom stereocenters. The fraction of sp³-hybridized carbons (Fsp3) is 0.176. The van der Waals surface area contributed by atoms with Crippen molar-refractivity contribution in [1.29, 1.82) is 0 Å². The van der Waals surface area contributed by atoms with Crippen LogP contribution in [0.5, 0.6) is 0 Å². The summed E-state index contributed by atoms with van der Waals surface area (Å²) in [4.78, 5) is 2.56. The first-order chi connectivity index (χ1) is 34.6. The van der Waals surface area contributed by atoms with E-state index in [0.29, 0.717) is 5.41 Å². The zero-order chi connectivity index (χ0) is 46.2. The van der Waals surface area contributed by atoms with E-state index in [1.54, 1.807) is 10.8 Å². The quantitative estimate of drug-likeness (QED) is 0.130. The summed E-state index contributed by atoms with van der Waals surface area (Å²) in [5.41, 5.74) is 15.9. The summed E-state index contributed by atoms with van der Waals surface area (Å²) in [6.45, 7) is 0. The first kappa shape index (κ1) is 41.7. The van der Waals surface area contributed by atoms with Crippen LogP contribution in [-0.2, 0) is 5.41 Å². The van der Waals surface area contributed by atoms with Gasteiger partial charge in [-0.3, -0.25) is 0 Å². The highest BCUT2D eigenvalue weighted by molar-refractivity contribution is 7.18. The third-order valence-electron chi connectivity index (χ3n) is 17.4. The lowest BCUT2D eigenvalue weighted by Gasteiger charge is -2.57. The van der Waals surface area contributed by atoms with Crippen molar-refractivity contribution < 1.29 is 0 Å². The molecule has 1 aliphatic heterocycles. The highest BCUT2D eigenvalue weighted by Gasteiger charge is 2.52. The Morgan fingerprint density at radius 1 is 0.429 bits per heavy atom. The molecule has 0 saturated heterocycles. The van der Waals surface area contributed by atoms with Crippen LogP contribution in [0.1, 0.15) is 62.5 Å². The third-order valence-corrected chi connectivity index (χ3v) is 22.5. The van der Waals surface area contributed by atoms with Gasteiger partial charge in [0.25, 0.3) is 0 Å². The molecule has 2 heteroatoms. The van der Waals surface area contributed by atoms with Crippen molar-refractivity contribution in [2.45, 2.75) is 56.8 Å². The van der Waals surface area contributed by atoms with Gasteiger partial charge in [0.2, 0.25) is 0 Å². The van der Waals surface area contributed by atoms with E-state index in [0.717, 1.165) is 42.0 Å². The van der Waals surface area contributed by atoms with E-state index in [4.69, 9.17) is 0 Å². The fourth-order valence-corrected chi connectivity index (χ4v) is 20.6. The molecule has 0 radical (unpaired) electrons. The van der Waals surface area contributed by atoms with Crippen molar-refractivity contribution in [3.05, 3.63) is 247 Å². The van der Waals surface area contributed by atoms with E-state index in [1.807, 2.05) is 0 Å². The lowest BCUT2D eigenvalue weighted by Crippen LogP contribution is -2.68. The largest absolute Gasteiger partial charge is 0.311 e. The number of rotatable bonds is 9. The number of fused-ring (bicyclic) bond motifs is 3. The molecule has 15 rings (SSSR count). The maximum Gasteiger partial charge on any atom is 0.179 e. The minimum absolute atomic E-state index is 0.406. The second kappa shape index (κ2) is 16.7. The normalized spacial score (nSPS) is 22.8. The molecule has 4 fully saturated rings. The van der Waals surface area contributed by atoms with Gasteiger partial charge < -0.3 is 4.90 Å². The topological polar surface area (TPSA) is 3.24 Å². The van der Waals surface area contributed by atoms with Crippen LogP contribution in [-0.4, -0.2) is 8.07 Å². The standard InChI is InChI=1S/C68H57NSi/c1-3-15-52(16-4-1)59-23-13-17-54-18-14-24-60(67(54)59)53-33-39-57(40-34-53)69(56-37-31-51(32-38-56)50-29-35-55(36-30-50)68-44-47-41-48(45-68)43-49(42-47)46-68)63-25-9-12-28-66(63)70(58-19-5-2-6-20-58)64-26-10-7-21-61(64)62-22-8-11-27-65(62)70/h1-10,12-26,28-40,47-49H,11,27,41-46H2. The first-order valence-corrected chi connectivity index (χ1v) is 28.0. The molecule has 70 heavy (non-hydrogen) atoms.